The van der Waals surface area contributed by atoms with E-state index in [0.717, 1.165) is 26.2 Å². The van der Waals surface area contributed by atoms with Crippen LogP contribution in [0.15, 0.2) is 30.3 Å². The van der Waals surface area contributed by atoms with Crippen LogP contribution in [-0.4, -0.2) is 49.4 Å². The second-order valence-electron chi connectivity index (χ2n) is 5.29. The second-order valence-corrected chi connectivity index (χ2v) is 5.29. The van der Waals surface area contributed by atoms with Gasteiger partial charge in [-0.3, -0.25) is 9.59 Å². The number of carbonyl (C=O) groups excluding carboxylic acids is 2. The van der Waals surface area contributed by atoms with Gasteiger partial charge in [-0.1, -0.05) is 18.2 Å². The lowest BCUT2D eigenvalue weighted by Crippen LogP contribution is -2.48. The number of hydrogen-bond acceptors (Lipinski definition) is 3. The van der Waals surface area contributed by atoms with Crippen LogP contribution in [0, 0.1) is 0 Å². The predicted octanol–water partition coefficient (Wildman–Crippen LogP) is 1.25. The van der Waals surface area contributed by atoms with Crippen LogP contribution in [0.1, 0.15) is 19.8 Å². The number of anilines is 1. The molecular weight excluding hydrogens is 266 g/mol. The molecule has 1 aromatic rings. The van der Waals surface area contributed by atoms with Crippen molar-refractivity contribution in [3.63, 3.8) is 0 Å². The van der Waals surface area contributed by atoms with Crippen molar-refractivity contribution >= 4 is 17.5 Å². The molecule has 0 bridgehead atoms. The third kappa shape index (κ3) is 4.77. The van der Waals surface area contributed by atoms with Crippen LogP contribution < -0.4 is 10.2 Å². The Morgan fingerprint density at radius 1 is 1.10 bits per heavy atom. The molecule has 0 atom stereocenters. The normalized spacial score (nSPS) is 14.9. The number of nitrogens with one attached hydrogen (secondary N) is 1. The highest BCUT2D eigenvalue weighted by Gasteiger charge is 2.20. The van der Waals surface area contributed by atoms with Gasteiger partial charge in [0.25, 0.3) is 0 Å². The largest absolute Gasteiger partial charge is 0.368 e. The van der Waals surface area contributed by atoms with E-state index in [9.17, 15) is 9.59 Å². The molecule has 0 radical (unpaired) electrons. The summed E-state index contributed by atoms with van der Waals surface area (Å²) >= 11 is 0. The minimum atomic E-state index is -0.0427. The molecule has 1 fully saturated rings. The fraction of sp³-hybridized carbons (Fsp3) is 0.500. The first kappa shape index (κ1) is 15.4. The van der Waals surface area contributed by atoms with Crippen LogP contribution in [-0.2, 0) is 9.59 Å². The molecule has 0 aromatic heterocycles. The van der Waals surface area contributed by atoms with Gasteiger partial charge >= 0.3 is 0 Å². The van der Waals surface area contributed by atoms with Gasteiger partial charge < -0.3 is 15.1 Å². The van der Waals surface area contributed by atoms with Crippen LogP contribution in [0.5, 0.6) is 0 Å². The van der Waals surface area contributed by atoms with Crippen molar-refractivity contribution in [2.45, 2.75) is 19.8 Å². The Morgan fingerprint density at radius 2 is 1.76 bits per heavy atom. The van der Waals surface area contributed by atoms with E-state index in [4.69, 9.17) is 0 Å². The molecule has 5 nitrogen and oxygen atoms in total. The molecule has 0 unspecified atom stereocenters. The smallest absolute Gasteiger partial charge is 0.222 e. The molecule has 2 amide bonds. The Balaban J connectivity index is 1.71. The highest BCUT2D eigenvalue weighted by Crippen LogP contribution is 2.15. The highest BCUT2D eigenvalue weighted by molar-refractivity contribution is 5.76. The number of rotatable bonds is 5. The number of piperazine rings is 1. The van der Waals surface area contributed by atoms with Crippen LogP contribution in [0.3, 0.4) is 0 Å². The molecule has 1 aliphatic rings. The summed E-state index contributed by atoms with van der Waals surface area (Å²) in [5, 5.41) is 2.71. The molecule has 1 saturated heterocycles. The van der Waals surface area contributed by atoms with Gasteiger partial charge in [-0.15, -0.1) is 0 Å². The van der Waals surface area contributed by atoms with Gasteiger partial charge in [0.1, 0.15) is 0 Å². The molecule has 1 aliphatic heterocycles. The molecule has 0 saturated carbocycles. The van der Waals surface area contributed by atoms with Crippen molar-refractivity contribution in [2.24, 2.45) is 0 Å². The van der Waals surface area contributed by atoms with Gasteiger partial charge in [-0.2, -0.15) is 0 Å². The number of carbonyl (C=O) groups is 2. The summed E-state index contributed by atoms with van der Waals surface area (Å²) in [6, 6.07) is 10.3. The van der Waals surface area contributed by atoms with Gasteiger partial charge in [0.2, 0.25) is 11.8 Å². The lowest BCUT2D eigenvalue weighted by atomic mass is 10.2. The molecule has 0 spiro atoms. The Morgan fingerprint density at radius 3 is 2.38 bits per heavy atom. The third-order valence-electron chi connectivity index (χ3n) is 3.70. The molecule has 1 aromatic carbocycles. The van der Waals surface area contributed by atoms with E-state index in [1.165, 1.54) is 12.6 Å². The first-order valence-corrected chi connectivity index (χ1v) is 7.49. The summed E-state index contributed by atoms with van der Waals surface area (Å²) < 4.78 is 0. The average Bonchev–Trinajstić information content (AvgIpc) is 2.52. The first-order valence-electron chi connectivity index (χ1n) is 7.49. The Labute approximate surface area is 125 Å². The fourth-order valence-corrected chi connectivity index (χ4v) is 2.52. The van der Waals surface area contributed by atoms with E-state index in [-0.39, 0.29) is 11.8 Å². The monoisotopic (exact) mass is 289 g/mol. The predicted molar refractivity (Wildman–Crippen MR) is 83.2 cm³/mol. The van der Waals surface area contributed by atoms with Gasteiger partial charge in [-0.05, 0) is 18.6 Å². The zero-order valence-corrected chi connectivity index (χ0v) is 12.5. The summed E-state index contributed by atoms with van der Waals surface area (Å²) in [6.07, 6.45) is 1.21. The number of benzene rings is 1. The van der Waals surface area contributed by atoms with E-state index in [1.54, 1.807) is 0 Å². The highest BCUT2D eigenvalue weighted by atomic mass is 16.2. The average molecular weight is 289 g/mol. The summed E-state index contributed by atoms with van der Waals surface area (Å²) in [5.41, 5.74) is 1.22. The van der Waals surface area contributed by atoms with E-state index in [2.05, 4.69) is 22.3 Å². The van der Waals surface area contributed by atoms with E-state index in [0.29, 0.717) is 19.4 Å². The van der Waals surface area contributed by atoms with Crippen molar-refractivity contribution in [3.8, 4) is 0 Å². The quantitative estimate of drug-likeness (QED) is 0.830. The molecule has 1 N–H and O–H groups in total. The molecular formula is C16H23N3O2. The van der Waals surface area contributed by atoms with E-state index >= 15 is 0 Å². The van der Waals surface area contributed by atoms with Gasteiger partial charge in [0.05, 0.1) is 0 Å². The zero-order chi connectivity index (χ0) is 15.1. The standard InChI is InChI=1S/C16H23N3O2/c1-14(20)17-9-5-8-16(21)19-12-10-18(11-13-19)15-6-3-2-4-7-15/h2-4,6-7H,5,8-13H2,1H3,(H,17,20). The van der Waals surface area contributed by atoms with Crippen molar-refractivity contribution in [2.75, 3.05) is 37.6 Å². The van der Waals surface area contributed by atoms with Crippen LogP contribution in [0.4, 0.5) is 5.69 Å². The minimum Gasteiger partial charge on any atom is -0.368 e. The number of para-hydroxylation sites is 1. The van der Waals surface area contributed by atoms with Gasteiger partial charge in [-0.25, -0.2) is 0 Å². The van der Waals surface area contributed by atoms with Crippen LogP contribution >= 0.6 is 0 Å². The number of hydrogen-bond donors (Lipinski definition) is 1. The molecule has 0 aliphatic carbocycles. The SMILES string of the molecule is CC(=O)NCCCC(=O)N1CCN(c2ccccc2)CC1. The van der Waals surface area contributed by atoms with Gasteiger partial charge in [0, 0.05) is 51.8 Å². The summed E-state index contributed by atoms with van der Waals surface area (Å²) in [4.78, 5) is 27.1. The van der Waals surface area contributed by atoms with Crippen molar-refractivity contribution < 1.29 is 9.59 Å². The molecule has 114 valence electrons. The second kappa shape index (κ2) is 7.67. The maximum atomic E-state index is 12.1. The van der Waals surface area contributed by atoms with E-state index < -0.39 is 0 Å². The van der Waals surface area contributed by atoms with Crippen molar-refractivity contribution in [1.29, 1.82) is 0 Å². The maximum Gasteiger partial charge on any atom is 0.222 e. The number of nitrogens with zero attached hydrogens (tertiary/aromatic N) is 2. The zero-order valence-electron chi connectivity index (χ0n) is 12.5. The summed E-state index contributed by atoms with van der Waals surface area (Å²) in [6.45, 7) is 5.36. The molecule has 5 heteroatoms. The number of amides is 2. The fourth-order valence-electron chi connectivity index (χ4n) is 2.52. The molecule has 21 heavy (non-hydrogen) atoms. The Hall–Kier alpha value is -2.04. The Bertz CT molecular complexity index is 468. The minimum absolute atomic E-state index is 0.0427. The van der Waals surface area contributed by atoms with Crippen LogP contribution in [0.25, 0.3) is 0 Å². The third-order valence-corrected chi connectivity index (χ3v) is 3.70. The summed E-state index contributed by atoms with van der Waals surface area (Å²) in [7, 11) is 0. The van der Waals surface area contributed by atoms with Gasteiger partial charge in [0.15, 0.2) is 0 Å². The lowest BCUT2D eigenvalue weighted by Gasteiger charge is -2.36. The lowest BCUT2D eigenvalue weighted by molar-refractivity contribution is -0.131. The topological polar surface area (TPSA) is 52.7 Å². The summed E-state index contributed by atoms with van der Waals surface area (Å²) in [5.74, 6) is 0.145. The van der Waals surface area contributed by atoms with Crippen molar-refractivity contribution in [3.05, 3.63) is 30.3 Å². The Kier molecular flexibility index (Phi) is 5.60. The first-order chi connectivity index (χ1) is 10.2. The van der Waals surface area contributed by atoms with Crippen LogP contribution in [0.2, 0.25) is 0 Å². The van der Waals surface area contributed by atoms with E-state index in [1.807, 2.05) is 23.1 Å². The molecule has 1 heterocycles. The van der Waals surface area contributed by atoms with Crippen molar-refractivity contribution in [1.82, 2.24) is 10.2 Å². The molecule has 2 rings (SSSR count). The maximum absolute atomic E-state index is 12.1.